The fourth-order valence-electron chi connectivity index (χ4n) is 1.11. The molecule has 0 spiro atoms. The van der Waals surface area contributed by atoms with Crippen molar-refractivity contribution in [2.24, 2.45) is 0 Å². The Morgan fingerprint density at radius 2 is 1.33 bits per heavy atom. The lowest BCUT2D eigenvalue weighted by atomic mass is 10.0. The van der Waals surface area contributed by atoms with Crippen molar-refractivity contribution in [3.8, 4) is 0 Å². The molecule has 0 aromatic rings. The van der Waals surface area contributed by atoms with Crippen LogP contribution in [0.1, 0.15) is 40.5 Å². The minimum atomic E-state index is 0.179. The van der Waals surface area contributed by atoms with Gasteiger partial charge < -0.3 is 0 Å². The number of Topliss-reactive ketones (excluding diaryl/α,β-unsaturated/α-hetero) is 1. The van der Waals surface area contributed by atoms with E-state index in [0.29, 0.717) is 0 Å². The van der Waals surface area contributed by atoms with Gasteiger partial charge in [0.15, 0.2) is 5.78 Å². The van der Waals surface area contributed by atoms with Crippen LogP contribution in [0.15, 0.2) is 23.3 Å². The molecule has 0 N–H and O–H groups in total. The lowest BCUT2D eigenvalue weighted by molar-refractivity contribution is -0.112. The van der Waals surface area contributed by atoms with Crippen LogP contribution in [-0.4, -0.2) is 5.78 Å². The summed E-state index contributed by atoms with van der Waals surface area (Å²) in [6, 6.07) is 0. The van der Waals surface area contributed by atoms with Gasteiger partial charge >= 0.3 is 0 Å². The maximum Gasteiger partial charge on any atom is 0.183 e. The Kier molecular flexibility index (Phi) is 5.35. The fraction of sp³-hybridized carbons (Fsp3) is 0.545. The van der Waals surface area contributed by atoms with Gasteiger partial charge in [-0.25, -0.2) is 0 Å². The predicted molar refractivity (Wildman–Crippen MR) is 53.1 cm³/mol. The molecular weight excluding hydrogens is 148 g/mol. The maximum atomic E-state index is 11.5. The molecule has 1 heteroatoms. The van der Waals surface area contributed by atoms with Crippen molar-refractivity contribution in [1.82, 2.24) is 0 Å². The highest BCUT2D eigenvalue weighted by Gasteiger charge is 2.04. The first-order valence-electron chi connectivity index (χ1n) is 4.51. The molecule has 0 aliphatic carbocycles. The van der Waals surface area contributed by atoms with Gasteiger partial charge in [0, 0.05) is 0 Å². The number of rotatable bonds is 4. The zero-order valence-corrected chi connectivity index (χ0v) is 8.48. The van der Waals surface area contributed by atoms with Crippen LogP contribution in [-0.2, 0) is 4.79 Å². The molecule has 0 unspecified atom stereocenters. The largest absolute Gasteiger partial charge is 0.289 e. The Morgan fingerprint density at radius 3 is 1.58 bits per heavy atom. The molecule has 0 saturated heterocycles. The fourth-order valence-corrected chi connectivity index (χ4v) is 1.11. The lowest BCUT2D eigenvalue weighted by Gasteiger charge is -1.99. The highest BCUT2D eigenvalue weighted by molar-refractivity contribution is 6.07. The summed E-state index contributed by atoms with van der Waals surface area (Å²) in [5, 5.41) is 0. The van der Waals surface area contributed by atoms with Crippen LogP contribution in [0.4, 0.5) is 0 Å². The van der Waals surface area contributed by atoms with Crippen molar-refractivity contribution in [3.05, 3.63) is 23.3 Å². The SMILES string of the molecule is CC/C=C(\C)C(=O)/C(C)=C/CC. The highest BCUT2D eigenvalue weighted by atomic mass is 16.1. The Morgan fingerprint density at radius 1 is 1.00 bits per heavy atom. The van der Waals surface area contributed by atoms with Crippen molar-refractivity contribution < 1.29 is 4.79 Å². The summed E-state index contributed by atoms with van der Waals surface area (Å²) in [6.45, 7) is 7.82. The molecule has 0 radical (unpaired) electrons. The number of ketones is 1. The second-order valence-corrected chi connectivity index (χ2v) is 2.92. The monoisotopic (exact) mass is 166 g/mol. The summed E-state index contributed by atoms with van der Waals surface area (Å²) in [7, 11) is 0. The highest BCUT2D eigenvalue weighted by Crippen LogP contribution is 2.06. The van der Waals surface area contributed by atoms with Crippen LogP contribution in [0.5, 0.6) is 0 Å². The van der Waals surface area contributed by atoms with E-state index in [2.05, 4.69) is 0 Å². The number of hydrogen-bond donors (Lipinski definition) is 0. The van der Waals surface area contributed by atoms with Gasteiger partial charge in [-0.05, 0) is 37.8 Å². The maximum absolute atomic E-state index is 11.5. The van der Waals surface area contributed by atoms with Crippen LogP contribution in [0.2, 0.25) is 0 Å². The van der Waals surface area contributed by atoms with E-state index in [4.69, 9.17) is 0 Å². The van der Waals surface area contributed by atoms with Gasteiger partial charge in [-0.1, -0.05) is 26.0 Å². The minimum Gasteiger partial charge on any atom is -0.289 e. The van der Waals surface area contributed by atoms with Crippen LogP contribution >= 0.6 is 0 Å². The molecule has 0 heterocycles. The molecule has 0 amide bonds. The van der Waals surface area contributed by atoms with Crippen molar-refractivity contribution in [3.63, 3.8) is 0 Å². The van der Waals surface area contributed by atoms with Crippen LogP contribution in [0.25, 0.3) is 0 Å². The van der Waals surface area contributed by atoms with Crippen molar-refractivity contribution in [2.45, 2.75) is 40.5 Å². The third kappa shape index (κ3) is 3.51. The zero-order valence-electron chi connectivity index (χ0n) is 8.48. The third-order valence-corrected chi connectivity index (χ3v) is 1.74. The van der Waals surface area contributed by atoms with E-state index in [-0.39, 0.29) is 5.78 Å². The first-order valence-corrected chi connectivity index (χ1v) is 4.51. The smallest absolute Gasteiger partial charge is 0.183 e. The molecule has 12 heavy (non-hydrogen) atoms. The van der Waals surface area contributed by atoms with E-state index in [9.17, 15) is 4.79 Å². The number of allylic oxidation sites excluding steroid dienone is 4. The van der Waals surface area contributed by atoms with E-state index in [1.807, 2.05) is 39.8 Å². The summed E-state index contributed by atoms with van der Waals surface area (Å²) in [4.78, 5) is 11.5. The molecule has 0 bridgehead atoms. The second-order valence-electron chi connectivity index (χ2n) is 2.92. The average Bonchev–Trinajstić information content (AvgIpc) is 2.04. The van der Waals surface area contributed by atoms with E-state index in [1.54, 1.807) is 0 Å². The Balaban J connectivity index is 4.39. The molecule has 0 aliphatic rings. The predicted octanol–water partition coefficient (Wildman–Crippen LogP) is 3.27. The summed E-state index contributed by atoms with van der Waals surface area (Å²) >= 11 is 0. The average molecular weight is 166 g/mol. The van der Waals surface area contributed by atoms with Crippen molar-refractivity contribution in [2.75, 3.05) is 0 Å². The van der Waals surface area contributed by atoms with Gasteiger partial charge in [0.25, 0.3) is 0 Å². The van der Waals surface area contributed by atoms with Crippen LogP contribution < -0.4 is 0 Å². The second kappa shape index (κ2) is 5.76. The van der Waals surface area contributed by atoms with Gasteiger partial charge in [-0.3, -0.25) is 4.79 Å². The number of carbonyl (C=O) groups excluding carboxylic acids is 1. The van der Waals surface area contributed by atoms with E-state index in [0.717, 1.165) is 24.0 Å². The van der Waals surface area contributed by atoms with Gasteiger partial charge in [-0.15, -0.1) is 0 Å². The molecule has 0 aromatic heterocycles. The van der Waals surface area contributed by atoms with E-state index >= 15 is 0 Å². The minimum absolute atomic E-state index is 0.179. The molecule has 1 nitrogen and oxygen atoms in total. The standard InChI is InChI=1S/C11H18O/c1-5-7-9(3)11(12)10(4)8-6-2/h7-8H,5-6H2,1-4H3/b9-7+,10-8+. The summed E-state index contributed by atoms with van der Waals surface area (Å²) in [5.74, 6) is 0.179. The number of hydrogen-bond acceptors (Lipinski definition) is 1. The van der Waals surface area contributed by atoms with Gasteiger partial charge in [0.2, 0.25) is 0 Å². The lowest BCUT2D eigenvalue weighted by Crippen LogP contribution is -2.00. The molecular formula is C11H18O. The molecule has 68 valence electrons. The molecule has 0 saturated carbocycles. The van der Waals surface area contributed by atoms with E-state index < -0.39 is 0 Å². The van der Waals surface area contributed by atoms with Crippen LogP contribution in [0, 0.1) is 0 Å². The summed E-state index contributed by atoms with van der Waals surface area (Å²) in [6.07, 6.45) is 5.79. The molecule has 0 fully saturated rings. The molecule has 0 aromatic carbocycles. The first-order chi connectivity index (χ1) is 5.63. The van der Waals surface area contributed by atoms with Gasteiger partial charge in [-0.2, -0.15) is 0 Å². The van der Waals surface area contributed by atoms with Gasteiger partial charge in [0.05, 0.1) is 0 Å². The topological polar surface area (TPSA) is 17.1 Å². The Bertz CT molecular complexity index is 187. The first kappa shape index (κ1) is 11.2. The van der Waals surface area contributed by atoms with Crippen molar-refractivity contribution >= 4 is 5.78 Å². The van der Waals surface area contributed by atoms with Gasteiger partial charge in [0.1, 0.15) is 0 Å². The Hall–Kier alpha value is -0.850. The Labute approximate surface area is 75.2 Å². The zero-order chi connectivity index (χ0) is 9.56. The normalized spacial score (nSPS) is 13.3. The molecule has 0 aliphatic heterocycles. The van der Waals surface area contributed by atoms with Crippen molar-refractivity contribution in [1.29, 1.82) is 0 Å². The van der Waals surface area contributed by atoms with E-state index in [1.165, 1.54) is 0 Å². The quantitative estimate of drug-likeness (QED) is 0.586. The van der Waals surface area contributed by atoms with Crippen LogP contribution in [0.3, 0.4) is 0 Å². The number of carbonyl (C=O) groups is 1. The summed E-state index contributed by atoms with van der Waals surface area (Å²) in [5.41, 5.74) is 1.72. The molecule has 0 atom stereocenters. The molecule has 0 rings (SSSR count). The third-order valence-electron chi connectivity index (χ3n) is 1.74. The summed E-state index contributed by atoms with van der Waals surface area (Å²) < 4.78 is 0.